The van der Waals surface area contributed by atoms with Crippen LogP contribution in [0.3, 0.4) is 0 Å². The molecule has 138 valence electrons. The molecule has 0 radical (unpaired) electrons. The highest BCUT2D eigenvalue weighted by atomic mass is 14.9. The van der Waals surface area contributed by atoms with Gasteiger partial charge < -0.3 is 5.32 Å². The highest BCUT2D eigenvalue weighted by Crippen LogP contribution is 2.16. The Morgan fingerprint density at radius 1 is 0.609 bits per heavy atom. The molecule has 23 heavy (non-hydrogen) atoms. The minimum absolute atomic E-state index is 0.863. The number of rotatable bonds is 17. The molecule has 1 aliphatic heterocycles. The van der Waals surface area contributed by atoms with Crippen molar-refractivity contribution in [3.63, 3.8) is 0 Å². The predicted molar refractivity (Wildman–Crippen MR) is 105 cm³/mol. The van der Waals surface area contributed by atoms with Gasteiger partial charge in [-0.25, -0.2) is 0 Å². The zero-order valence-electron chi connectivity index (χ0n) is 16.2. The van der Waals surface area contributed by atoms with Gasteiger partial charge in [0.05, 0.1) is 0 Å². The Kier molecular flexibility index (Phi) is 15.3. The highest BCUT2D eigenvalue weighted by Gasteiger charge is 2.12. The fraction of sp³-hybridized carbons (Fsp3) is 1.00. The first-order valence-corrected chi connectivity index (χ1v) is 11.2. The molecule has 1 saturated heterocycles. The third-order valence-corrected chi connectivity index (χ3v) is 5.57. The Morgan fingerprint density at radius 3 is 1.43 bits per heavy atom. The molecule has 1 heterocycles. The normalized spacial score (nSPS) is 17.9. The number of nitrogens with one attached hydrogen (secondary N) is 1. The molecule has 1 nitrogen and oxygen atoms in total. The summed E-state index contributed by atoms with van der Waals surface area (Å²) in [7, 11) is 0. The van der Waals surface area contributed by atoms with E-state index in [1.807, 2.05) is 0 Å². The van der Waals surface area contributed by atoms with Gasteiger partial charge in [-0.1, -0.05) is 110 Å². The van der Waals surface area contributed by atoms with E-state index in [1.54, 1.807) is 0 Å². The summed E-state index contributed by atoms with van der Waals surface area (Å²) >= 11 is 0. The molecule has 0 amide bonds. The van der Waals surface area contributed by atoms with Gasteiger partial charge in [0.15, 0.2) is 0 Å². The maximum Gasteiger partial charge on any atom is 0.00675 e. The van der Waals surface area contributed by atoms with Crippen LogP contribution in [0.1, 0.15) is 129 Å². The molecule has 0 aromatic carbocycles. The maximum atomic E-state index is 3.61. The van der Waals surface area contributed by atoms with E-state index >= 15 is 0 Å². The minimum atomic E-state index is 0.863. The van der Waals surface area contributed by atoms with Crippen LogP contribution < -0.4 is 5.32 Å². The Labute approximate surface area is 147 Å². The van der Waals surface area contributed by atoms with Crippen LogP contribution in [0.25, 0.3) is 0 Å². The lowest BCUT2D eigenvalue weighted by Crippen LogP contribution is -2.20. The lowest BCUT2D eigenvalue weighted by atomic mass is 10.0. The Balaban J connectivity index is 1.64. The largest absolute Gasteiger partial charge is 0.314 e. The van der Waals surface area contributed by atoms with Crippen molar-refractivity contribution in [3.05, 3.63) is 0 Å². The van der Waals surface area contributed by atoms with Crippen LogP contribution >= 0.6 is 0 Å². The van der Waals surface area contributed by atoms with Crippen molar-refractivity contribution in [1.82, 2.24) is 5.32 Å². The van der Waals surface area contributed by atoms with E-state index in [9.17, 15) is 0 Å². The first kappa shape index (κ1) is 21.0. The lowest BCUT2D eigenvalue weighted by molar-refractivity contribution is 0.496. The van der Waals surface area contributed by atoms with Crippen molar-refractivity contribution >= 4 is 0 Å². The second-order valence-corrected chi connectivity index (χ2v) is 7.89. The SMILES string of the molecule is CCCCCCCCCCCCCCCCCCC1CCCN1. The molecule has 1 N–H and O–H groups in total. The second kappa shape index (κ2) is 16.8. The summed E-state index contributed by atoms with van der Waals surface area (Å²) in [5.41, 5.74) is 0. The lowest BCUT2D eigenvalue weighted by Gasteiger charge is -2.09. The maximum absolute atomic E-state index is 3.61. The third kappa shape index (κ3) is 14.0. The number of hydrogen-bond donors (Lipinski definition) is 1. The van der Waals surface area contributed by atoms with Crippen LogP contribution in [0.5, 0.6) is 0 Å². The van der Waals surface area contributed by atoms with Crippen LogP contribution in [0.2, 0.25) is 0 Å². The molecular weight excluding hydrogens is 278 g/mol. The smallest absolute Gasteiger partial charge is 0.00675 e. The van der Waals surface area contributed by atoms with Crippen molar-refractivity contribution < 1.29 is 0 Å². The van der Waals surface area contributed by atoms with E-state index in [-0.39, 0.29) is 0 Å². The van der Waals surface area contributed by atoms with E-state index in [4.69, 9.17) is 0 Å². The van der Waals surface area contributed by atoms with Crippen molar-refractivity contribution in [1.29, 1.82) is 0 Å². The Hall–Kier alpha value is -0.0400. The van der Waals surface area contributed by atoms with E-state index in [0.717, 1.165) is 6.04 Å². The van der Waals surface area contributed by atoms with Gasteiger partial charge in [-0.3, -0.25) is 0 Å². The standard InChI is InChI=1S/C22H45N/c1-2-3-4-5-6-7-8-9-10-11-12-13-14-15-16-17-19-22-20-18-21-23-22/h22-23H,2-21H2,1H3. The van der Waals surface area contributed by atoms with Gasteiger partial charge in [-0.2, -0.15) is 0 Å². The topological polar surface area (TPSA) is 12.0 Å². The van der Waals surface area contributed by atoms with Crippen LogP contribution in [0, 0.1) is 0 Å². The molecule has 0 aromatic heterocycles. The van der Waals surface area contributed by atoms with E-state index in [2.05, 4.69) is 12.2 Å². The molecule has 0 bridgehead atoms. The zero-order chi connectivity index (χ0) is 16.4. The van der Waals surface area contributed by atoms with Crippen molar-refractivity contribution in [2.75, 3.05) is 6.54 Å². The molecule has 1 fully saturated rings. The summed E-state index contributed by atoms with van der Waals surface area (Å²) < 4.78 is 0. The second-order valence-electron chi connectivity index (χ2n) is 7.89. The first-order chi connectivity index (χ1) is 11.4. The summed E-state index contributed by atoms with van der Waals surface area (Å²) in [4.78, 5) is 0. The Morgan fingerprint density at radius 2 is 1.04 bits per heavy atom. The number of unbranched alkanes of at least 4 members (excludes halogenated alkanes) is 15. The van der Waals surface area contributed by atoms with Gasteiger partial charge in [0.2, 0.25) is 0 Å². The molecule has 0 aromatic rings. The molecule has 1 unspecified atom stereocenters. The molecule has 0 saturated carbocycles. The van der Waals surface area contributed by atoms with Crippen molar-refractivity contribution in [2.24, 2.45) is 0 Å². The molecule has 0 spiro atoms. The van der Waals surface area contributed by atoms with Crippen LogP contribution in [-0.2, 0) is 0 Å². The van der Waals surface area contributed by atoms with Crippen molar-refractivity contribution in [2.45, 2.75) is 135 Å². The quantitative estimate of drug-likeness (QED) is 0.275. The molecule has 1 heteroatoms. The van der Waals surface area contributed by atoms with Gasteiger partial charge in [0, 0.05) is 6.04 Å². The first-order valence-electron chi connectivity index (χ1n) is 11.2. The van der Waals surface area contributed by atoms with Crippen LogP contribution in [-0.4, -0.2) is 12.6 Å². The monoisotopic (exact) mass is 323 g/mol. The average molecular weight is 324 g/mol. The highest BCUT2D eigenvalue weighted by molar-refractivity contribution is 4.73. The molecule has 1 atom stereocenters. The third-order valence-electron chi connectivity index (χ3n) is 5.57. The van der Waals surface area contributed by atoms with E-state index in [0.29, 0.717) is 0 Å². The summed E-state index contributed by atoms with van der Waals surface area (Å²) in [6.07, 6.45) is 27.8. The fourth-order valence-electron chi connectivity index (χ4n) is 3.94. The predicted octanol–water partition coefficient (Wildman–Crippen LogP) is 7.39. The summed E-state index contributed by atoms with van der Waals surface area (Å²) in [6.45, 7) is 3.57. The van der Waals surface area contributed by atoms with Crippen LogP contribution in [0.4, 0.5) is 0 Å². The average Bonchev–Trinajstić information content (AvgIpc) is 3.08. The van der Waals surface area contributed by atoms with Crippen LogP contribution in [0.15, 0.2) is 0 Å². The Bertz CT molecular complexity index is 220. The van der Waals surface area contributed by atoms with Gasteiger partial charge in [0.25, 0.3) is 0 Å². The van der Waals surface area contributed by atoms with Gasteiger partial charge >= 0.3 is 0 Å². The van der Waals surface area contributed by atoms with Gasteiger partial charge in [-0.05, 0) is 25.8 Å². The molecule has 1 aliphatic rings. The molecule has 0 aliphatic carbocycles. The van der Waals surface area contributed by atoms with E-state index in [1.165, 1.54) is 129 Å². The van der Waals surface area contributed by atoms with Gasteiger partial charge in [0.1, 0.15) is 0 Å². The fourth-order valence-corrected chi connectivity index (χ4v) is 3.94. The summed E-state index contributed by atoms with van der Waals surface area (Å²) in [5, 5.41) is 3.61. The summed E-state index contributed by atoms with van der Waals surface area (Å²) in [5.74, 6) is 0. The van der Waals surface area contributed by atoms with Crippen molar-refractivity contribution in [3.8, 4) is 0 Å². The minimum Gasteiger partial charge on any atom is -0.314 e. The summed E-state index contributed by atoms with van der Waals surface area (Å²) in [6, 6.07) is 0.863. The number of hydrogen-bond acceptors (Lipinski definition) is 1. The molecular formula is C22H45N. The molecule has 1 rings (SSSR count). The zero-order valence-corrected chi connectivity index (χ0v) is 16.2. The van der Waals surface area contributed by atoms with Gasteiger partial charge in [-0.15, -0.1) is 0 Å². The van der Waals surface area contributed by atoms with E-state index < -0.39 is 0 Å².